The fraction of sp³-hybridized carbons (Fsp3) is 0.333. The topological polar surface area (TPSA) is 98.3 Å². The number of H-pyrrole nitrogens is 1. The number of benzene rings is 1. The van der Waals surface area contributed by atoms with Crippen LogP contribution >= 0.6 is 0 Å². The second kappa shape index (κ2) is 8.65. The zero-order chi connectivity index (χ0) is 19.2. The van der Waals surface area contributed by atoms with Gasteiger partial charge in [0, 0.05) is 23.3 Å². The molecule has 144 valence electrons. The van der Waals surface area contributed by atoms with Crippen molar-refractivity contribution in [1.29, 1.82) is 0 Å². The summed E-state index contributed by atoms with van der Waals surface area (Å²) in [6, 6.07) is 9.40. The normalized spacial score (nSPS) is 14.3. The maximum atomic E-state index is 5.58. The summed E-state index contributed by atoms with van der Waals surface area (Å²) in [4.78, 5) is 0. The summed E-state index contributed by atoms with van der Waals surface area (Å²) >= 11 is 0. The Morgan fingerprint density at radius 2 is 1.64 bits per heavy atom. The van der Waals surface area contributed by atoms with Crippen LogP contribution in [-0.2, 0) is 0 Å². The number of aromatic nitrogens is 6. The molecule has 0 saturated heterocycles. The number of aromatic amines is 1. The Kier molecular flexibility index (Phi) is 5.61. The molecule has 0 unspecified atom stereocenters. The number of nitrogens with two attached hydrogens (primary N) is 1. The average molecular weight is 375 g/mol. The summed E-state index contributed by atoms with van der Waals surface area (Å²) in [6.07, 6.45) is 15.9. The SMILES string of the molecule is C1CCCCCC1.Nc1ccc(-c2ccc(-n3cccn3)c3cn[nH]c23)nn1. The van der Waals surface area contributed by atoms with Gasteiger partial charge in [0.25, 0.3) is 0 Å². The van der Waals surface area contributed by atoms with Crippen molar-refractivity contribution in [2.24, 2.45) is 0 Å². The molecule has 1 aliphatic carbocycles. The molecule has 1 saturated carbocycles. The van der Waals surface area contributed by atoms with Crippen molar-refractivity contribution in [3.8, 4) is 16.9 Å². The first kappa shape index (κ1) is 18.2. The predicted octanol–water partition coefficient (Wildman–Crippen LogP) is 4.52. The van der Waals surface area contributed by atoms with Crippen LogP contribution < -0.4 is 5.73 Å². The minimum absolute atomic E-state index is 0.396. The number of anilines is 1. The zero-order valence-corrected chi connectivity index (χ0v) is 15.9. The molecule has 0 atom stereocenters. The molecule has 1 aliphatic rings. The zero-order valence-electron chi connectivity index (χ0n) is 15.9. The van der Waals surface area contributed by atoms with Gasteiger partial charge in [-0.05, 0) is 30.3 Å². The number of fused-ring (bicyclic) bond motifs is 1. The summed E-state index contributed by atoms with van der Waals surface area (Å²) in [7, 11) is 0. The quantitative estimate of drug-likeness (QED) is 0.502. The lowest BCUT2D eigenvalue weighted by molar-refractivity contribution is 0.702. The third kappa shape index (κ3) is 4.03. The van der Waals surface area contributed by atoms with E-state index in [1.807, 2.05) is 30.5 Å². The van der Waals surface area contributed by atoms with Crippen molar-refractivity contribution in [2.45, 2.75) is 44.9 Å². The first-order valence-electron chi connectivity index (χ1n) is 9.88. The van der Waals surface area contributed by atoms with Crippen molar-refractivity contribution in [1.82, 2.24) is 30.2 Å². The molecule has 3 N–H and O–H groups in total. The van der Waals surface area contributed by atoms with E-state index in [4.69, 9.17) is 5.73 Å². The summed E-state index contributed by atoms with van der Waals surface area (Å²) in [5.74, 6) is 0.396. The minimum Gasteiger partial charge on any atom is -0.382 e. The van der Waals surface area contributed by atoms with Gasteiger partial charge in [-0.1, -0.05) is 44.9 Å². The summed E-state index contributed by atoms with van der Waals surface area (Å²) in [5, 5.41) is 20.4. The Balaban J connectivity index is 0.000000233. The number of rotatable bonds is 2. The van der Waals surface area contributed by atoms with E-state index in [2.05, 4.69) is 25.5 Å². The summed E-state index contributed by atoms with van der Waals surface area (Å²) in [5.41, 5.74) is 9.09. The Labute approximate surface area is 164 Å². The maximum Gasteiger partial charge on any atom is 0.146 e. The molecule has 0 spiro atoms. The van der Waals surface area contributed by atoms with Gasteiger partial charge in [-0.2, -0.15) is 10.2 Å². The molecule has 0 aliphatic heterocycles. The lowest BCUT2D eigenvalue weighted by atomic mass is 10.1. The Morgan fingerprint density at radius 3 is 2.25 bits per heavy atom. The molecule has 7 nitrogen and oxygen atoms in total. The van der Waals surface area contributed by atoms with Crippen LogP contribution in [0.15, 0.2) is 48.9 Å². The Morgan fingerprint density at radius 1 is 0.893 bits per heavy atom. The van der Waals surface area contributed by atoms with Gasteiger partial charge >= 0.3 is 0 Å². The molecule has 3 aromatic heterocycles. The van der Waals surface area contributed by atoms with Crippen molar-refractivity contribution < 1.29 is 0 Å². The van der Waals surface area contributed by atoms with Crippen LogP contribution in [0, 0.1) is 0 Å². The van der Waals surface area contributed by atoms with Gasteiger partial charge in [-0.15, -0.1) is 10.2 Å². The highest BCUT2D eigenvalue weighted by Crippen LogP contribution is 2.29. The van der Waals surface area contributed by atoms with Gasteiger partial charge in [0.2, 0.25) is 0 Å². The number of nitrogens with zero attached hydrogens (tertiary/aromatic N) is 5. The Hall–Kier alpha value is -3.22. The third-order valence-corrected chi connectivity index (χ3v) is 5.05. The molecule has 1 fully saturated rings. The summed E-state index contributed by atoms with van der Waals surface area (Å²) in [6.45, 7) is 0. The molecule has 7 heteroatoms. The predicted molar refractivity (Wildman–Crippen MR) is 111 cm³/mol. The molecule has 28 heavy (non-hydrogen) atoms. The molecule has 0 radical (unpaired) electrons. The highest BCUT2D eigenvalue weighted by molar-refractivity contribution is 5.97. The van der Waals surface area contributed by atoms with Crippen LogP contribution in [0.2, 0.25) is 0 Å². The van der Waals surface area contributed by atoms with E-state index in [0.29, 0.717) is 5.82 Å². The molecular formula is C21H25N7. The van der Waals surface area contributed by atoms with E-state index in [-0.39, 0.29) is 0 Å². The van der Waals surface area contributed by atoms with Crippen LogP contribution in [-0.4, -0.2) is 30.2 Å². The maximum absolute atomic E-state index is 5.58. The number of hydrogen-bond acceptors (Lipinski definition) is 5. The van der Waals surface area contributed by atoms with Crippen molar-refractivity contribution >= 4 is 16.7 Å². The van der Waals surface area contributed by atoms with E-state index in [1.165, 1.54) is 44.9 Å². The number of nitrogen functional groups attached to an aromatic ring is 1. The summed E-state index contributed by atoms with van der Waals surface area (Å²) < 4.78 is 1.80. The van der Waals surface area contributed by atoms with E-state index < -0.39 is 0 Å². The van der Waals surface area contributed by atoms with E-state index in [9.17, 15) is 0 Å². The van der Waals surface area contributed by atoms with Crippen LogP contribution in [0.4, 0.5) is 5.82 Å². The van der Waals surface area contributed by atoms with Gasteiger partial charge in [0.15, 0.2) is 0 Å². The third-order valence-electron chi connectivity index (χ3n) is 5.05. The van der Waals surface area contributed by atoms with Crippen LogP contribution in [0.25, 0.3) is 27.8 Å². The molecule has 1 aromatic carbocycles. The van der Waals surface area contributed by atoms with Gasteiger partial charge in [0.1, 0.15) is 5.82 Å². The lowest BCUT2D eigenvalue weighted by Gasteiger charge is -2.07. The Bertz CT molecular complexity index is 983. The highest BCUT2D eigenvalue weighted by atomic mass is 15.3. The molecule has 0 bridgehead atoms. The number of nitrogens with one attached hydrogen (secondary N) is 1. The van der Waals surface area contributed by atoms with Gasteiger partial charge in [0.05, 0.1) is 23.1 Å². The highest BCUT2D eigenvalue weighted by Gasteiger charge is 2.12. The lowest BCUT2D eigenvalue weighted by Crippen LogP contribution is -1.97. The molecule has 4 aromatic rings. The minimum atomic E-state index is 0.396. The largest absolute Gasteiger partial charge is 0.382 e. The second-order valence-electron chi connectivity index (χ2n) is 7.06. The fourth-order valence-corrected chi connectivity index (χ4v) is 3.57. The van der Waals surface area contributed by atoms with Crippen molar-refractivity contribution in [3.63, 3.8) is 0 Å². The van der Waals surface area contributed by atoms with E-state index >= 15 is 0 Å². The first-order chi connectivity index (χ1) is 13.8. The second-order valence-corrected chi connectivity index (χ2v) is 7.06. The van der Waals surface area contributed by atoms with Gasteiger partial charge in [-0.3, -0.25) is 5.10 Å². The average Bonchev–Trinajstić information content (AvgIpc) is 3.35. The van der Waals surface area contributed by atoms with Crippen LogP contribution in [0.1, 0.15) is 44.9 Å². The fourth-order valence-electron chi connectivity index (χ4n) is 3.57. The van der Waals surface area contributed by atoms with Crippen LogP contribution in [0.5, 0.6) is 0 Å². The number of hydrogen-bond donors (Lipinski definition) is 2. The molecule has 5 rings (SSSR count). The van der Waals surface area contributed by atoms with Gasteiger partial charge in [-0.25, -0.2) is 4.68 Å². The van der Waals surface area contributed by atoms with Crippen molar-refractivity contribution in [3.05, 3.63) is 48.9 Å². The smallest absolute Gasteiger partial charge is 0.146 e. The van der Waals surface area contributed by atoms with E-state index in [1.54, 1.807) is 23.1 Å². The van der Waals surface area contributed by atoms with Crippen molar-refractivity contribution in [2.75, 3.05) is 5.73 Å². The molecule has 0 amide bonds. The molecule has 3 heterocycles. The first-order valence-corrected chi connectivity index (χ1v) is 9.88. The standard InChI is InChI=1S/C14H11N7.C7H14/c15-13-5-3-11(18-19-13)9-2-4-12(21-7-1-6-17-21)10-8-16-20-14(9)10;1-2-4-6-7-5-3-1/h1-8H,(H2,15,19)(H,16,20);1-7H2. The van der Waals surface area contributed by atoms with Gasteiger partial charge < -0.3 is 5.73 Å². The van der Waals surface area contributed by atoms with E-state index in [0.717, 1.165) is 27.8 Å². The monoisotopic (exact) mass is 375 g/mol. The van der Waals surface area contributed by atoms with Crippen LogP contribution in [0.3, 0.4) is 0 Å². The molecular weight excluding hydrogens is 350 g/mol.